The van der Waals surface area contributed by atoms with E-state index in [4.69, 9.17) is 5.11 Å². The van der Waals surface area contributed by atoms with Crippen molar-refractivity contribution in [2.24, 2.45) is 5.92 Å². The Labute approximate surface area is 49.3 Å². The number of hydrogen-bond acceptors (Lipinski definition) is 2. The van der Waals surface area contributed by atoms with Crippen LogP contribution in [0.15, 0.2) is 0 Å². The molecule has 0 radical (unpaired) electrons. The Bertz CT molecular complexity index is 98.5. The number of aliphatic hydroxyl groups excluding tert-OH is 1. The van der Waals surface area contributed by atoms with Crippen LogP contribution in [0.3, 0.4) is 0 Å². The fourth-order valence-corrected chi connectivity index (χ4v) is 0.224. The summed E-state index contributed by atoms with van der Waals surface area (Å²) in [6.07, 6.45) is -4.92. The lowest BCUT2D eigenvalue weighted by Crippen LogP contribution is -2.27. The van der Waals surface area contributed by atoms with Gasteiger partial charge in [-0.2, -0.15) is 13.2 Å². The van der Waals surface area contributed by atoms with Gasteiger partial charge in [0.25, 0.3) is 0 Å². The molecule has 0 aliphatic heterocycles. The first-order chi connectivity index (χ1) is 4.02. The van der Waals surface area contributed by atoms with Crippen LogP contribution in [0.4, 0.5) is 13.2 Å². The number of rotatable bonds is 2. The predicted molar refractivity (Wildman–Crippen MR) is 22.7 cm³/mol. The van der Waals surface area contributed by atoms with Crippen molar-refractivity contribution >= 4 is 6.29 Å². The zero-order valence-electron chi connectivity index (χ0n) is 4.35. The van der Waals surface area contributed by atoms with Crippen LogP contribution in [0.2, 0.25) is 0 Å². The van der Waals surface area contributed by atoms with E-state index >= 15 is 0 Å². The number of aldehydes is 1. The van der Waals surface area contributed by atoms with Gasteiger partial charge in [-0.15, -0.1) is 0 Å². The maximum Gasteiger partial charge on any atom is 0.400 e. The van der Waals surface area contributed by atoms with E-state index in [1.54, 1.807) is 0 Å². The topological polar surface area (TPSA) is 37.3 Å². The molecule has 0 heterocycles. The molecule has 0 aromatic rings. The second kappa shape index (κ2) is 2.82. The molecule has 9 heavy (non-hydrogen) atoms. The Hall–Kier alpha value is -0.580. The lowest BCUT2D eigenvalue weighted by molar-refractivity contribution is -0.181. The van der Waals surface area contributed by atoms with E-state index in [1.807, 2.05) is 0 Å². The summed E-state index contributed by atoms with van der Waals surface area (Å²) < 4.78 is 34.0. The molecule has 0 spiro atoms. The molecule has 54 valence electrons. The molecule has 1 atom stereocenters. The lowest BCUT2D eigenvalue weighted by atomic mass is 10.2. The van der Waals surface area contributed by atoms with Gasteiger partial charge in [0, 0.05) is 0 Å². The molecule has 2 nitrogen and oxygen atoms in total. The molecule has 0 aliphatic carbocycles. The van der Waals surface area contributed by atoms with Crippen LogP contribution in [0.5, 0.6) is 0 Å². The summed E-state index contributed by atoms with van der Waals surface area (Å²) in [5.74, 6) is -2.22. The highest BCUT2D eigenvalue weighted by molar-refractivity contribution is 5.54. The Morgan fingerprint density at radius 2 is 2.00 bits per heavy atom. The molecule has 0 rings (SSSR count). The van der Waals surface area contributed by atoms with Crippen molar-refractivity contribution in [1.82, 2.24) is 0 Å². The highest BCUT2D eigenvalue weighted by Gasteiger charge is 2.38. The van der Waals surface area contributed by atoms with Crippen molar-refractivity contribution in [1.29, 1.82) is 0 Å². The smallest absolute Gasteiger partial charge is 0.395 e. The highest BCUT2D eigenvalue weighted by Crippen LogP contribution is 2.23. The molecule has 0 fully saturated rings. The molecule has 0 saturated carbocycles. The quantitative estimate of drug-likeness (QED) is 0.565. The fourth-order valence-electron chi connectivity index (χ4n) is 0.224. The van der Waals surface area contributed by atoms with Crippen molar-refractivity contribution in [3.63, 3.8) is 0 Å². The van der Waals surface area contributed by atoms with Gasteiger partial charge in [-0.05, 0) is 0 Å². The minimum Gasteiger partial charge on any atom is -0.395 e. The molecule has 1 unspecified atom stereocenters. The number of carbonyl (C=O) groups excluding carboxylic acids is 1. The van der Waals surface area contributed by atoms with Crippen LogP contribution >= 0.6 is 0 Å². The first-order valence-electron chi connectivity index (χ1n) is 2.15. The normalized spacial score (nSPS) is 15.1. The van der Waals surface area contributed by atoms with Gasteiger partial charge in [0.1, 0.15) is 12.2 Å². The highest BCUT2D eigenvalue weighted by atomic mass is 19.4. The summed E-state index contributed by atoms with van der Waals surface area (Å²) in [5, 5.41) is 7.91. The van der Waals surface area contributed by atoms with Crippen molar-refractivity contribution in [2.75, 3.05) is 6.61 Å². The van der Waals surface area contributed by atoms with E-state index in [9.17, 15) is 18.0 Å². The minimum atomic E-state index is -4.60. The second-order valence-corrected chi connectivity index (χ2v) is 1.47. The van der Waals surface area contributed by atoms with Gasteiger partial charge in [-0.25, -0.2) is 0 Å². The summed E-state index contributed by atoms with van der Waals surface area (Å²) in [6, 6.07) is 0. The monoisotopic (exact) mass is 142 g/mol. The van der Waals surface area contributed by atoms with Crippen molar-refractivity contribution in [2.45, 2.75) is 6.18 Å². The number of aliphatic hydroxyl groups is 1. The average Bonchev–Trinajstić information content (AvgIpc) is 1.65. The summed E-state index contributed by atoms with van der Waals surface area (Å²) in [7, 11) is 0. The van der Waals surface area contributed by atoms with Crippen LogP contribution in [0.25, 0.3) is 0 Å². The summed E-state index contributed by atoms with van der Waals surface area (Å²) in [5.41, 5.74) is 0. The third kappa shape index (κ3) is 2.46. The van der Waals surface area contributed by atoms with Gasteiger partial charge >= 0.3 is 6.18 Å². The van der Waals surface area contributed by atoms with Crippen molar-refractivity contribution in [3.8, 4) is 0 Å². The molecule has 5 heteroatoms. The molecule has 0 amide bonds. The van der Waals surface area contributed by atoms with Crippen LogP contribution < -0.4 is 0 Å². The van der Waals surface area contributed by atoms with Crippen molar-refractivity contribution in [3.05, 3.63) is 0 Å². The molecule has 0 aliphatic rings. The van der Waals surface area contributed by atoms with E-state index in [-0.39, 0.29) is 6.29 Å². The van der Waals surface area contributed by atoms with Crippen LogP contribution in [-0.4, -0.2) is 24.2 Å². The zero-order valence-corrected chi connectivity index (χ0v) is 4.35. The number of carbonyl (C=O) groups is 1. The fraction of sp³-hybridized carbons (Fsp3) is 0.750. The summed E-state index contributed by atoms with van der Waals surface area (Å²) in [4.78, 5) is 9.50. The van der Waals surface area contributed by atoms with Crippen molar-refractivity contribution < 1.29 is 23.1 Å². The SMILES string of the molecule is O=CC(CO)C(F)(F)F. The maximum atomic E-state index is 11.3. The van der Waals surface area contributed by atoms with Gasteiger partial charge in [0.2, 0.25) is 0 Å². The summed E-state index contributed by atoms with van der Waals surface area (Å²) >= 11 is 0. The Morgan fingerprint density at radius 1 is 1.56 bits per heavy atom. The van der Waals surface area contributed by atoms with Gasteiger partial charge < -0.3 is 9.90 Å². The molecular formula is C4H5F3O2. The third-order valence-corrected chi connectivity index (χ3v) is 0.781. The number of alkyl halides is 3. The third-order valence-electron chi connectivity index (χ3n) is 0.781. The Balaban J connectivity index is 3.94. The first-order valence-corrected chi connectivity index (χ1v) is 2.15. The maximum absolute atomic E-state index is 11.3. The van der Waals surface area contributed by atoms with Crippen LogP contribution in [0.1, 0.15) is 0 Å². The average molecular weight is 142 g/mol. The minimum absolute atomic E-state index is 0.319. The van der Waals surface area contributed by atoms with Gasteiger partial charge in [0.15, 0.2) is 0 Å². The Morgan fingerprint density at radius 3 is 2.00 bits per heavy atom. The molecule has 0 aromatic carbocycles. The standard InChI is InChI=1S/C4H5F3O2/c5-4(6,7)3(1-8)2-9/h1,3,9H,2H2. The molecular weight excluding hydrogens is 137 g/mol. The van der Waals surface area contributed by atoms with E-state index in [0.29, 0.717) is 0 Å². The molecule has 0 saturated heterocycles. The van der Waals surface area contributed by atoms with E-state index < -0.39 is 18.7 Å². The molecule has 0 aromatic heterocycles. The van der Waals surface area contributed by atoms with Gasteiger partial charge in [-0.3, -0.25) is 0 Å². The van der Waals surface area contributed by atoms with E-state index in [1.165, 1.54) is 0 Å². The zero-order chi connectivity index (χ0) is 7.49. The predicted octanol–water partition coefficient (Wildman–Crippen LogP) is 0.356. The molecule has 0 bridgehead atoms. The van der Waals surface area contributed by atoms with Crippen LogP contribution in [-0.2, 0) is 4.79 Å². The largest absolute Gasteiger partial charge is 0.400 e. The number of halogens is 3. The lowest BCUT2D eigenvalue weighted by Gasteiger charge is -2.09. The Kier molecular flexibility index (Phi) is 2.64. The number of hydrogen-bond donors (Lipinski definition) is 1. The van der Waals surface area contributed by atoms with E-state index in [2.05, 4.69) is 0 Å². The van der Waals surface area contributed by atoms with Gasteiger partial charge in [0.05, 0.1) is 6.61 Å². The van der Waals surface area contributed by atoms with Gasteiger partial charge in [-0.1, -0.05) is 0 Å². The second-order valence-electron chi connectivity index (χ2n) is 1.47. The molecule has 1 N–H and O–H groups in total. The summed E-state index contributed by atoms with van der Waals surface area (Å²) in [6.45, 7) is -1.17. The van der Waals surface area contributed by atoms with Crippen LogP contribution in [0, 0.1) is 5.92 Å². The first kappa shape index (κ1) is 8.42. The van der Waals surface area contributed by atoms with E-state index in [0.717, 1.165) is 0 Å².